The first-order chi connectivity index (χ1) is 12.8. The maximum absolute atomic E-state index is 11.7. The van der Waals surface area contributed by atoms with Gasteiger partial charge in [0.25, 0.3) is 0 Å². The van der Waals surface area contributed by atoms with Gasteiger partial charge in [0.15, 0.2) is 6.29 Å². The summed E-state index contributed by atoms with van der Waals surface area (Å²) in [5.74, 6) is -1.61. The monoisotopic (exact) mass is 395 g/mol. The molecule has 0 aromatic carbocycles. The lowest BCUT2D eigenvalue weighted by Gasteiger charge is -2.39. The Balaban J connectivity index is 2.16. The second-order valence-electron chi connectivity index (χ2n) is 6.30. The van der Waals surface area contributed by atoms with Gasteiger partial charge in [0.1, 0.15) is 24.4 Å². The molecule has 1 amide bonds. The molecule has 6 atom stereocenters. The van der Waals surface area contributed by atoms with Crippen molar-refractivity contribution < 1.29 is 49.3 Å². The highest BCUT2D eigenvalue weighted by molar-refractivity contribution is 5.78. The van der Waals surface area contributed by atoms with Gasteiger partial charge in [0.05, 0.1) is 26.4 Å². The first-order valence-corrected chi connectivity index (χ1v) is 8.77. The topological polar surface area (TPSA) is 175 Å². The third kappa shape index (κ3) is 8.05. The van der Waals surface area contributed by atoms with Crippen LogP contribution in [0.3, 0.4) is 0 Å². The second-order valence-corrected chi connectivity index (χ2v) is 6.30. The molecule has 3 unspecified atom stereocenters. The minimum atomic E-state index is -1.57. The predicted octanol–water partition coefficient (Wildman–Crippen LogP) is -2.56. The lowest BCUT2D eigenvalue weighted by Crippen LogP contribution is -2.59. The molecule has 1 rings (SSSR count). The summed E-state index contributed by atoms with van der Waals surface area (Å²) in [5.41, 5.74) is 0. The summed E-state index contributed by atoms with van der Waals surface area (Å²) in [7, 11) is 0. The fraction of sp³-hybridized carbons (Fsp3) is 0.875. The van der Waals surface area contributed by atoms with Crippen LogP contribution in [0.5, 0.6) is 0 Å². The summed E-state index contributed by atoms with van der Waals surface area (Å²) in [6, 6.07) is 0. The summed E-state index contributed by atoms with van der Waals surface area (Å²) in [4.78, 5) is 22.2. The van der Waals surface area contributed by atoms with E-state index in [0.29, 0.717) is 0 Å². The molecule has 0 radical (unpaired) electrons. The standard InChI is InChI=1S/C16H29NO10/c1-9(2-3-11(19)20)15(23)17-4-5-25-6-7-26-14-12(21)10(8-18)27-16(24)13(14)22/h9-10,12-14,16,18,21-22,24H,2-8H2,1H3,(H,17,23)(H,19,20)/t9?,10?,12-,13?,14+,16-/m1/s1. The van der Waals surface area contributed by atoms with Crippen molar-refractivity contribution in [3.8, 4) is 0 Å². The van der Waals surface area contributed by atoms with Crippen molar-refractivity contribution in [1.29, 1.82) is 0 Å². The van der Waals surface area contributed by atoms with E-state index in [1.807, 2.05) is 0 Å². The van der Waals surface area contributed by atoms with Crippen LogP contribution < -0.4 is 5.32 Å². The number of nitrogens with one attached hydrogen (secondary N) is 1. The van der Waals surface area contributed by atoms with Crippen molar-refractivity contribution in [3.05, 3.63) is 0 Å². The van der Waals surface area contributed by atoms with E-state index in [4.69, 9.17) is 24.4 Å². The van der Waals surface area contributed by atoms with Gasteiger partial charge in [0.2, 0.25) is 5.91 Å². The van der Waals surface area contributed by atoms with Crippen molar-refractivity contribution in [2.24, 2.45) is 5.92 Å². The fourth-order valence-electron chi connectivity index (χ4n) is 2.50. The number of carboxylic acid groups (broad SMARTS) is 1. The van der Waals surface area contributed by atoms with E-state index in [-0.39, 0.29) is 45.1 Å². The molecule has 0 aromatic heterocycles. The molecule has 1 aliphatic heterocycles. The summed E-state index contributed by atoms with van der Waals surface area (Å²) in [5, 5.41) is 49.5. The Bertz CT molecular complexity index is 462. The van der Waals surface area contributed by atoms with Gasteiger partial charge < -0.3 is 45.1 Å². The van der Waals surface area contributed by atoms with Gasteiger partial charge in [-0.05, 0) is 6.42 Å². The van der Waals surface area contributed by atoms with Gasteiger partial charge in [-0.2, -0.15) is 0 Å². The van der Waals surface area contributed by atoms with Crippen LogP contribution in [-0.2, 0) is 23.8 Å². The van der Waals surface area contributed by atoms with Crippen LogP contribution >= 0.6 is 0 Å². The number of carbonyl (C=O) groups is 2. The molecule has 1 aliphatic rings. The van der Waals surface area contributed by atoms with E-state index >= 15 is 0 Å². The maximum Gasteiger partial charge on any atom is 0.303 e. The van der Waals surface area contributed by atoms with E-state index in [2.05, 4.69) is 5.32 Å². The number of aliphatic hydroxyl groups excluding tert-OH is 4. The quantitative estimate of drug-likeness (QED) is 0.193. The number of ether oxygens (including phenoxy) is 3. The minimum absolute atomic E-state index is 0.00656. The number of carboxylic acids is 1. The summed E-state index contributed by atoms with van der Waals surface area (Å²) in [6.45, 7) is 1.66. The normalized spacial score (nSPS) is 29.3. The van der Waals surface area contributed by atoms with Crippen molar-refractivity contribution in [2.75, 3.05) is 33.0 Å². The van der Waals surface area contributed by atoms with Crippen LogP contribution in [0.4, 0.5) is 0 Å². The van der Waals surface area contributed by atoms with E-state index in [1.54, 1.807) is 6.92 Å². The first-order valence-electron chi connectivity index (χ1n) is 8.77. The Labute approximate surface area is 156 Å². The van der Waals surface area contributed by atoms with E-state index in [0.717, 1.165) is 0 Å². The average Bonchev–Trinajstić information content (AvgIpc) is 2.63. The number of rotatable bonds is 12. The van der Waals surface area contributed by atoms with Gasteiger partial charge in [-0.3, -0.25) is 9.59 Å². The van der Waals surface area contributed by atoms with Crippen LogP contribution in [0.2, 0.25) is 0 Å². The Hall–Kier alpha value is -1.34. The number of aliphatic carboxylic acids is 1. The Morgan fingerprint density at radius 2 is 1.85 bits per heavy atom. The Morgan fingerprint density at radius 3 is 2.48 bits per heavy atom. The predicted molar refractivity (Wildman–Crippen MR) is 89.6 cm³/mol. The van der Waals surface area contributed by atoms with Gasteiger partial charge in [-0.25, -0.2) is 0 Å². The third-order valence-electron chi connectivity index (χ3n) is 4.16. The molecule has 0 saturated carbocycles. The van der Waals surface area contributed by atoms with Crippen molar-refractivity contribution in [1.82, 2.24) is 5.32 Å². The molecular formula is C16H29NO10. The second kappa shape index (κ2) is 12.2. The van der Waals surface area contributed by atoms with Crippen LogP contribution in [0.15, 0.2) is 0 Å². The largest absolute Gasteiger partial charge is 0.481 e. The van der Waals surface area contributed by atoms with Crippen LogP contribution in [0.25, 0.3) is 0 Å². The first kappa shape index (κ1) is 23.7. The van der Waals surface area contributed by atoms with E-state index in [1.165, 1.54) is 0 Å². The molecule has 1 fully saturated rings. The van der Waals surface area contributed by atoms with E-state index in [9.17, 15) is 24.9 Å². The summed E-state index contributed by atoms with van der Waals surface area (Å²) >= 11 is 0. The highest BCUT2D eigenvalue weighted by Gasteiger charge is 2.44. The molecular weight excluding hydrogens is 366 g/mol. The van der Waals surface area contributed by atoms with Gasteiger partial charge in [-0.1, -0.05) is 6.92 Å². The maximum atomic E-state index is 11.7. The number of carbonyl (C=O) groups excluding carboxylic acids is 1. The molecule has 6 N–H and O–H groups in total. The molecule has 0 aromatic rings. The highest BCUT2D eigenvalue weighted by atomic mass is 16.6. The molecule has 158 valence electrons. The number of hydrogen-bond acceptors (Lipinski definition) is 9. The van der Waals surface area contributed by atoms with Crippen LogP contribution in [0.1, 0.15) is 19.8 Å². The molecule has 0 aliphatic carbocycles. The van der Waals surface area contributed by atoms with Crippen LogP contribution in [-0.4, -0.2) is 101 Å². The Morgan fingerprint density at radius 1 is 1.15 bits per heavy atom. The molecule has 0 bridgehead atoms. The van der Waals surface area contributed by atoms with Crippen molar-refractivity contribution in [3.63, 3.8) is 0 Å². The Kier molecular flexibility index (Phi) is 10.7. The van der Waals surface area contributed by atoms with E-state index < -0.39 is 49.2 Å². The van der Waals surface area contributed by atoms with Crippen LogP contribution in [0, 0.1) is 5.92 Å². The fourth-order valence-corrected chi connectivity index (χ4v) is 2.50. The molecule has 1 heterocycles. The molecule has 11 heteroatoms. The smallest absolute Gasteiger partial charge is 0.303 e. The van der Waals surface area contributed by atoms with Gasteiger partial charge in [-0.15, -0.1) is 0 Å². The zero-order valence-corrected chi connectivity index (χ0v) is 15.2. The molecule has 11 nitrogen and oxygen atoms in total. The summed E-state index contributed by atoms with van der Waals surface area (Å²) in [6.07, 6.45) is -6.36. The molecule has 1 saturated heterocycles. The highest BCUT2D eigenvalue weighted by Crippen LogP contribution is 2.22. The SMILES string of the molecule is CC(CCC(=O)O)C(=O)NCCOCCO[C@@H]1C(O)[C@H](O)OC(CO)[C@H]1O. The lowest BCUT2D eigenvalue weighted by molar-refractivity contribution is -0.295. The van der Waals surface area contributed by atoms with Gasteiger partial charge >= 0.3 is 5.97 Å². The minimum Gasteiger partial charge on any atom is -0.481 e. The van der Waals surface area contributed by atoms with Gasteiger partial charge in [0, 0.05) is 18.9 Å². The number of amides is 1. The summed E-state index contributed by atoms with van der Waals surface area (Å²) < 4.78 is 15.4. The zero-order valence-electron chi connectivity index (χ0n) is 15.2. The van der Waals surface area contributed by atoms with Crippen molar-refractivity contribution in [2.45, 2.75) is 50.5 Å². The molecule has 0 spiro atoms. The number of hydrogen-bond donors (Lipinski definition) is 6. The third-order valence-corrected chi connectivity index (χ3v) is 4.16. The lowest BCUT2D eigenvalue weighted by atomic mass is 9.99. The zero-order chi connectivity index (χ0) is 20.4. The average molecular weight is 395 g/mol. The molecule has 27 heavy (non-hydrogen) atoms. The van der Waals surface area contributed by atoms with Crippen molar-refractivity contribution >= 4 is 11.9 Å². The number of aliphatic hydroxyl groups is 4.